The van der Waals surface area contributed by atoms with Crippen molar-refractivity contribution in [2.45, 2.75) is 39.8 Å². The molecule has 0 aliphatic rings. The lowest BCUT2D eigenvalue weighted by Gasteiger charge is -2.27. The fourth-order valence-corrected chi connectivity index (χ4v) is 3.08. The van der Waals surface area contributed by atoms with Gasteiger partial charge in [0.1, 0.15) is 18.5 Å². The van der Waals surface area contributed by atoms with E-state index < -0.39 is 6.10 Å². The fourth-order valence-electron chi connectivity index (χ4n) is 3.08. The van der Waals surface area contributed by atoms with Crippen molar-refractivity contribution >= 4 is 10.8 Å². The highest BCUT2D eigenvalue weighted by Crippen LogP contribution is 2.25. The molecule has 3 heteroatoms. The highest BCUT2D eigenvalue weighted by molar-refractivity contribution is 5.88. The average molecular weight is 315 g/mol. The maximum absolute atomic E-state index is 10.2. The van der Waals surface area contributed by atoms with Gasteiger partial charge in [-0.15, -0.1) is 0 Å². The molecule has 0 aliphatic carbocycles. The van der Waals surface area contributed by atoms with Crippen LogP contribution in [0.5, 0.6) is 5.75 Å². The van der Waals surface area contributed by atoms with Gasteiger partial charge in [0.2, 0.25) is 0 Å². The van der Waals surface area contributed by atoms with Crippen molar-refractivity contribution in [3.05, 3.63) is 42.5 Å². The SMILES string of the molecule is CC(C)C(NCC(O)COc1cccc2ccccc12)C(C)C. The molecule has 0 radical (unpaired) electrons. The van der Waals surface area contributed by atoms with E-state index in [9.17, 15) is 5.11 Å². The van der Waals surface area contributed by atoms with E-state index in [0.29, 0.717) is 31.0 Å². The van der Waals surface area contributed by atoms with Gasteiger partial charge >= 0.3 is 0 Å². The Bertz CT molecular complexity index is 596. The Kier molecular flexibility index (Phi) is 6.43. The van der Waals surface area contributed by atoms with Crippen LogP contribution >= 0.6 is 0 Å². The molecule has 0 amide bonds. The number of fused-ring (bicyclic) bond motifs is 1. The number of benzene rings is 2. The molecule has 0 saturated heterocycles. The normalized spacial score (nSPS) is 13.2. The minimum absolute atomic E-state index is 0.296. The van der Waals surface area contributed by atoms with Gasteiger partial charge in [0.25, 0.3) is 0 Å². The Morgan fingerprint density at radius 3 is 2.30 bits per heavy atom. The Labute approximate surface area is 139 Å². The van der Waals surface area contributed by atoms with E-state index in [1.54, 1.807) is 0 Å². The van der Waals surface area contributed by atoms with Crippen LogP contribution in [0.15, 0.2) is 42.5 Å². The molecular weight excluding hydrogens is 286 g/mol. The van der Waals surface area contributed by atoms with E-state index in [4.69, 9.17) is 4.74 Å². The molecule has 0 aromatic heterocycles. The second kappa shape index (κ2) is 8.32. The molecule has 1 unspecified atom stereocenters. The van der Waals surface area contributed by atoms with Crippen LogP contribution < -0.4 is 10.1 Å². The molecule has 3 nitrogen and oxygen atoms in total. The molecule has 126 valence electrons. The average Bonchev–Trinajstić information content (AvgIpc) is 2.52. The monoisotopic (exact) mass is 315 g/mol. The van der Waals surface area contributed by atoms with E-state index in [0.717, 1.165) is 16.5 Å². The van der Waals surface area contributed by atoms with Crippen LogP contribution in [0.2, 0.25) is 0 Å². The first-order chi connectivity index (χ1) is 11.0. The second-order valence-electron chi connectivity index (χ2n) is 6.86. The predicted octanol–water partition coefficient (Wildman–Crippen LogP) is 3.85. The predicted molar refractivity (Wildman–Crippen MR) is 96.9 cm³/mol. The zero-order chi connectivity index (χ0) is 16.8. The minimum atomic E-state index is -0.519. The zero-order valence-electron chi connectivity index (χ0n) is 14.6. The number of rotatable bonds is 8. The molecule has 0 saturated carbocycles. The summed E-state index contributed by atoms with van der Waals surface area (Å²) in [5.74, 6) is 1.91. The van der Waals surface area contributed by atoms with Crippen molar-refractivity contribution in [2.24, 2.45) is 11.8 Å². The molecule has 2 rings (SSSR count). The van der Waals surface area contributed by atoms with E-state index in [1.165, 1.54) is 0 Å². The first-order valence-electron chi connectivity index (χ1n) is 8.51. The van der Waals surface area contributed by atoms with Crippen molar-refractivity contribution < 1.29 is 9.84 Å². The van der Waals surface area contributed by atoms with Gasteiger partial charge in [-0.25, -0.2) is 0 Å². The number of hydrogen-bond acceptors (Lipinski definition) is 3. The molecule has 23 heavy (non-hydrogen) atoms. The van der Waals surface area contributed by atoms with Crippen LogP contribution in [0.4, 0.5) is 0 Å². The topological polar surface area (TPSA) is 41.5 Å². The van der Waals surface area contributed by atoms with Crippen LogP contribution in [-0.4, -0.2) is 30.4 Å². The van der Waals surface area contributed by atoms with Crippen LogP contribution in [0.1, 0.15) is 27.7 Å². The Morgan fingerprint density at radius 2 is 1.61 bits per heavy atom. The van der Waals surface area contributed by atoms with Crippen molar-refractivity contribution in [1.29, 1.82) is 0 Å². The van der Waals surface area contributed by atoms with Gasteiger partial charge in [-0.1, -0.05) is 64.1 Å². The number of aliphatic hydroxyl groups is 1. The number of nitrogens with one attached hydrogen (secondary N) is 1. The van der Waals surface area contributed by atoms with Gasteiger partial charge in [-0.3, -0.25) is 0 Å². The highest BCUT2D eigenvalue weighted by Gasteiger charge is 2.18. The smallest absolute Gasteiger partial charge is 0.127 e. The zero-order valence-corrected chi connectivity index (χ0v) is 14.6. The third kappa shape index (κ3) is 4.95. The summed E-state index contributed by atoms with van der Waals surface area (Å²) >= 11 is 0. The van der Waals surface area contributed by atoms with Crippen molar-refractivity contribution in [3.8, 4) is 5.75 Å². The van der Waals surface area contributed by atoms with Crippen LogP contribution in [0.25, 0.3) is 10.8 Å². The quantitative estimate of drug-likeness (QED) is 0.777. The summed E-state index contributed by atoms with van der Waals surface area (Å²) in [4.78, 5) is 0. The number of aliphatic hydroxyl groups excluding tert-OH is 1. The Morgan fingerprint density at radius 1 is 0.957 bits per heavy atom. The van der Waals surface area contributed by atoms with Gasteiger partial charge in [0, 0.05) is 18.0 Å². The lowest BCUT2D eigenvalue weighted by atomic mass is 9.93. The summed E-state index contributed by atoms with van der Waals surface area (Å²) in [6.45, 7) is 9.66. The fraction of sp³-hybridized carbons (Fsp3) is 0.500. The third-order valence-corrected chi connectivity index (χ3v) is 4.21. The molecule has 0 heterocycles. The second-order valence-corrected chi connectivity index (χ2v) is 6.86. The van der Waals surface area contributed by atoms with Gasteiger partial charge in [-0.2, -0.15) is 0 Å². The summed E-state index contributed by atoms with van der Waals surface area (Å²) in [5.41, 5.74) is 0. The molecule has 0 bridgehead atoms. The van der Waals surface area contributed by atoms with E-state index >= 15 is 0 Å². The van der Waals surface area contributed by atoms with Crippen LogP contribution in [0, 0.1) is 11.8 Å². The van der Waals surface area contributed by atoms with Crippen LogP contribution in [-0.2, 0) is 0 Å². The Balaban J connectivity index is 1.90. The maximum Gasteiger partial charge on any atom is 0.127 e. The molecule has 1 atom stereocenters. The standard InChI is InChI=1S/C20H29NO2/c1-14(2)20(15(3)4)21-12-17(22)13-23-19-11-7-9-16-8-5-6-10-18(16)19/h5-11,14-15,17,20-22H,12-13H2,1-4H3. The Hall–Kier alpha value is -1.58. The van der Waals surface area contributed by atoms with Crippen molar-refractivity contribution in [2.75, 3.05) is 13.2 Å². The van der Waals surface area contributed by atoms with E-state index in [2.05, 4.69) is 45.1 Å². The number of hydrogen-bond donors (Lipinski definition) is 2. The van der Waals surface area contributed by atoms with Gasteiger partial charge in [-0.05, 0) is 23.3 Å². The first kappa shape index (κ1) is 17.8. The number of ether oxygens (including phenoxy) is 1. The lowest BCUT2D eigenvalue weighted by molar-refractivity contribution is 0.0994. The van der Waals surface area contributed by atoms with Gasteiger partial charge < -0.3 is 15.2 Å². The highest BCUT2D eigenvalue weighted by atomic mass is 16.5. The summed E-state index contributed by atoms with van der Waals surface area (Å²) in [7, 11) is 0. The maximum atomic E-state index is 10.2. The first-order valence-corrected chi connectivity index (χ1v) is 8.51. The van der Waals surface area contributed by atoms with E-state index in [1.807, 2.05) is 30.3 Å². The minimum Gasteiger partial charge on any atom is -0.490 e. The summed E-state index contributed by atoms with van der Waals surface area (Å²) in [5, 5.41) is 15.9. The van der Waals surface area contributed by atoms with Gasteiger partial charge in [0.05, 0.1) is 0 Å². The molecule has 0 aliphatic heterocycles. The lowest BCUT2D eigenvalue weighted by Crippen LogP contribution is -2.43. The molecule has 2 aromatic rings. The third-order valence-electron chi connectivity index (χ3n) is 4.21. The largest absolute Gasteiger partial charge is 0.490 e. The van der Waals surface area contributed by atoms with Crippen LogP contribution in [0.3, 0.4) is 0 Å². The molecule has 2 N–H and O–H groups in total. The molecule has 0 spiro atoms. The molecule has 0 fully saturated rings. The molecule has 2 aromatic carbocycles. The van der Waals surface area contributed by atoms with Gasteiger partial charge in [0.15, 0.2) is 0 Å². The summed E-state index contributed by atoms with van der Waals surface area (Å²) in [6, 6.07) is 14.5. The van der Waals surface area contributed by atoms with E-state index in [-0.39, 0.29) is 0 Å². The van der Waals surface area contributed by atoms with Crippen molar-refractivity contribution in [3.63, 3.8) is 0 Å². The summed E-state index contributed by atoms with van der Waals surface area (Å²) < 4.78 is 5.84. The molecular formula is C20H29NO2. The summed E-state index contributed by atoms with van der Waals surface area (Å²) in [6.07, 6.45) is -0.519. The van der Waals surface area contributed by atoms with Crippen molar-refractivity contribution in [1.82, 2.24) is 5.32 Å².